The van der Waals surface area contributed by atoms with Gasteiger partial charge in [0.05, 0.1) is 12.5 Å². The van der Waals surface area contributed by atoms with Crippen LogP contribution in [0.15, 0.2) is 36.5 Å². The van der Waals surface area contributed by atoms with Gasteiger partial charge in [0.25, 0.3) is 0 Å². The van der Waals surface area contributed by atoms with Gasteiger partial charge in [-0.2, -0.15) is 0 Å². The first kappa shape index (κ1) is 12.6. The highest BCUT2D eigenvalue weighted by Crippen LogP contribution is 2.16. The van der Waals surface area contributed by atoms with Crippen LogP contribution in [0.1, 0.15) is 17.5 Å². The van der Waals surface area contributed by atoms with Crippen LogP contribution in [-0.2, 0) is 17.9 Å². The molecule has 1 aromatic rings. The number of benzene rings is 1. The Labute approximate surface area is 107 Å². The molecule has 4 nitrogen and oxygen atoms in total. The molecule has 1 aliphatic heterocycles. The average molecular weight is 246 g/mol. The largest absolute Gasteiger partial charge is 0.392 e. The highest BCUT2D eigenvalue weighted by Gasteiger charge is 2.19. The Hall–Kier alpha value is -1.81. The molecule has 0 radical (unpaired) electrons. The zero-order chi connectivity index (χ0) is 13.0. The summed E-state index contributed by atoms with van der Waals surface area (Å²) in [6.07, 6.45) is 4.73. The molecule has 1 atom stereocenters. The van der Waals surface area contributed by atoms with E-state index in [0.29, 0.717) is 6.54 Å². The minimum Gasteiger partial charge on any atom is -0.392 e. The number of allylic oxidation sites excluding steroid dienone is 1. The van der Waals surface area contributed by atoms with Crippen LogP contribution in [0.5, 0.6) is 0 Å². The number of nitrogens with zero attached hydrogens (tertiary/aromatic N) is 1. The summed E-state index contributed by atoms with van der Waals surface area (Å²) in [4.78, 5) is 13.3. The predicted molar refractivity (Wildman–Crippen MR) is 69.2 cm³/mol. The van der Waals surface area contributed by atoms with Crippen molar-refractivity contribution in [2.24, 2.45) is 11.7 Å². The van der Waals surface area contributed by atoms with Gasteiger partial charge in [-0.05, 0) is 23.7 Å². The summed E-state index contributed by atoms with van der Waals surface area (Å²) >= 11 is 0. The average Bonchev–Trinajstić information content (AvgIpc) is 2.40. The van der Waals surface area contributed by atoms with Crippen molar-refractivity contribution in [3.05, 3.63) is 47.7 Å². The van der Waals surface area contributed by atoms with E-state index >= 15 is 0 Å². The summed E-state index contributed by atoms with van der Waals surface area (Å²) < 4.78 is 0. The lowest BCUT2D eigenvalue weighted by Gasteiger charge is -2.28. The van der Waals surface area contributed by atoms with Gasteiger partial charge >= 0.3 is 0 Å². The molecule has 1 aromatic carbocycles. The van der Waals surface area contributed by atoms with Crippen LogP contribution in [-0.4, -0.2) is 22.5 Å². The monoisotopic (exact) mass is 246 g/mol. The first-order chi connectivity index (χ1) is 8.69. The summed E-state index contributed by atoms with van der Waals surface area (Å²) in [5, 5.41) is 8.97. The van der Waals surface area contributed by atoms with E-state index in [4.69, 9.17) is 10.8 Å². The van der Waals surface area contributed by atoms with E-state index in [1.807, 2.05) is 36.5 Å². The summed E-state index contributed by atoms with van der Waals surface area (Å²) in [6.45, 7) is 1.49. The molecule has 0 unspecified atom stereocenters. The van der Waals surface area contributed by atoms with E-state index in [1.165, 1.54) is 0 Å². The van der Waals surface area contributed by atoms with E-state index < -0.39 is 0 Å². The van der Waals surface area contributed by atoms with Gasteiger partial charge < -0.3 is 15.7 Å². The highest BCUT2D eigenvalue weighted by atomic mass is 16.3. The Kier molecular flexibility index (Phi) is 3.99. The molecule has 1 aliphatic rings. The molecule has 2 rings (SSSR count). The van der Waals surface area contributed by atoms with Gasteiger partial charge in [-0.25, -0.2) is 0 Å². The van der Waals surface area contributed by atoms with Gasteiger partial charge in [0.2, 0.25) is 5.91 Å². The summed E-state index contributed by atoms with van der Waals surface area (Å²) in [5.41, 5.74) is 7.39. The molecule has 0 aromatic heterocycles. The summed E-state index contributed by atoms with van der Waals surface area (Å²) in [5.74, 6) is -0.327. The molecule has 1 heterocycles. The Morgan fingerprint density at radius 2 is 2.00 bits per heavy atom. The van der Waals surface area contributed by atoms with Crippen molar-refractivity contribution >= 4 is 5.91 Å². The minimum atomic E-state index is -0.236. The van der Waals surface area contributed by atoms with Crippen LogP contribution in [0, 0.1) is 5.92 Å². The number of rotatable bonds is 4. The molecule has 1 amide bonds. The van der Waals surface area contributed by atoms with Gasteiger partial charge in [-0.3, -0.25) is 4.79 Å². The number of aliphatic hydroxyl groups is 1. The standard InChI is InChI=1S/C14H18N2O2/c15-14(18)13-2-1-7-16(9-13)8-11-3-5-12(10-17)6-4-11/h1,3-7,13,17H,2,8-10H2,(H2,15,18)/t13-/m1/s1. The number of carbonyl (C=O) groups is 1. The molecule has 0 fully saturated rings. The fraction of sp³-hybridized carbons (Fsp3) is 0.357. The zero-order valence-electron chi connectivity index (χ0n) is 10.2. The normalized spacial score (nSPS) is 18.9. The van der Waals surface area contributed by atoms with Crippen LogP contribution in [0.4, 0.5) is 0 Å². The highest BCUT2D eigenvalue weighted by molar-refractivity contribution is 5.77. The van der Waals surface area contributed by atoms with Crippen molar-refractivity contribution in [3.8, 4) is 0 Å². The third kappa shape index (κ3) is 3.11. The van der Waals surface area contributed by atoms with E-state index in [2.05, 4.69) is 4.90 Å². The van der Waals surface area contributed by atoms with E-state index in [-0.39, 0.29) is 18.4 Å². The number of amides is 1. The topological polar surface area (TPSA) is 66.6 Å². The maximum atomic E-state index is 11.2. The second-order valence-electron chi connectivity index (χ2n) is 4.62. The SMILES string of the molecule is NC(=O)[C@@H]1CC=CN(Cc2ccc(CO)cc2)C1. The molecule has 0 saturated carbocycles. The first-order valence-corrected chi connectivity index (χ1v) is 6.07. The number of primary amides is 1. The van der Waals surface area contributed by atoms with Crippen molar-refractivity contribution < 1.29 is 9.90 Å². The summed E-state index contributed by atoms with van der Waals surface area (Å²) in [6, 6.07) is 7.81. The maximum Gasteiger partial charge on any atom is 0.222 e. The van der Waals surface area contributed by atoms with E-state index in [9.17, 15) is 4.79 Å². The van der Waals surface area contributed by atoms with Crippen LogP contribution < -0.4 is 5.73 Å². The van der Waals surface area contributed by atoms with Gasteiger partial charge in [0.15, 0.2) is 0 Å². The number of nitrogens with two attached hydrogens (primary N) is 1. The second-order valence-corrected chi connectivity index (χ2v) is 4.62. The van der Waals surface area contributed by atoms with Crippen LogP contribution >= 0.6 is 0 Å². The number of hydrogen-bond acceptors (Lipinski definition) is 3. The number of carbonyl (C=O) groups excluding carboxylic acids is 1. The zero-order valence-corrected chi connectivity index (χ0v) is 10.2. The molecule has 96 valence electrons. The van der Waals surface area contributed by atoms with Crippen molar-refractivity contribution in [2.45, 2.75) is 19.6 Å². The molecule has 0 spiro atoms. The quantitative estimate of drug-likeness (QED) is 0.833. The lowest BCUT2D eigenvalue weighted by Crippen LogP contribution is -2.35. The molecule has 3 N–H and O–H groups in total. The van der Waals surface area contributed by atoms with Gasteiger partial charge in [-0.1, -0.05) is 30.3 Å². The molecule has 4 heteroatoms. The number of aliphatic hydroxyl groups excluding tert-OH is 1. The Morgan fingerprint density at radius 3 is 2.61 bits per heavy atom. The lowest BCUT2D eigenvalue weighted by molar-refractivity contribution is -0.122. The third-order valence-corrected chi connectivity index (χ3v) is 3.19. The molecular formula is C14H18N2O2. The van der Waals surface area contributed by atoms with Gasteiger partial charge in [0.1, 0.15) is 0 Å². The fourth-order valence-corrected chi connectivity index (χ4v) is 2.10. The van der Waals surface area contributed by atoms with Crippen LogP contribution in [0.3, 0.4) is 0 Å². The van der Waals surface area contributed by atoms with Crippen molar-refractivity contribution in [1.29, 1.82) is 0 Å². The van der Waals surface area contributed by atoms with Crippen LogP contribution in [0.2, 0.25) is 0 Å². The van der Waals surface area contributed by atoms with Crippen molar-refractivity contribution in [2.75, 3.05) is 6.54 Å². The summed E-state index contributed by atoms with van der Waals surface area (Å²) in [7, 11) is 0. The van der Waals surface area contributed by atoms with Gasteiger partial charge in [0, 0.05) is 13.1 Å². The Bertz CT molecular complexity index is 440. The molecule has 0 bridgehead atoms. The second kappa shape index (κ2) is 5.69. The van der Waals surface area contributed by atoms with Gasteiger partial charge in [-0.15, -0.1) is 0 Å². The minimum absolute atomic E-state index is 0.0631. The first-order valence-electron chi connectivity index (χ1n) is 6.07. The molecule has 18 heavy (non-hydrogen) atoms. The fourth-order valence-electron chi connectivity index (χ4n) is 2.10. The predicted octanol–water partition coefficient (Wildman–Crippen LogP) is 1.000. The van der Waals surface area contributed by atoms with E-state index in [1.54, 1.807) is 0 Å². The molecular weight excluding hydrogens is 228 g/mol. The lowest BCUT2D eigenvalue weighted by atomic mass is 10.0. The third-order valence-electron chi connectivity index (χ3n) is 3.19. The van der Waals surface area contributed by atoms with Crippen molar-refractivity contribution in [3.63, 3.8) is 0 Å². The van der Waals surface area contributed by atoms with E-state index in [0.717, 1.165) is 24.1 Å². The number of hydrogen-bond donors (Lipinski definition) is 2. The Morgan fingerprint density at radius 1 is 1.33 bits per heavy atom. The maximum absolute atomic E-state index is 11.2. The Balaban J connectivity index is 1.98. The van der Waals surface area contributed by atoms with Crippen LogP contribution in [0.25, 0.3) is 0 Å². The molecule has 0 saturated heterocycles. The van der Waals surface area contributed by atoms with Crippen molar-refractivity contribution in [1.82, 2.24) is 4.90 Å². The molecule has 0 aliphatic carbocycles. The smallest absolute Gasteiger partial charge is 0.222 e.